The molecule has 11 heteroatoms. The summed E-state index contributed by atoms with van der Waals surface area (Å²) in [4.78, 5) is 10.3. The Kier molecular flexibility index (Phi) is 9.93. The Hall–Kier alpha value is -2.38. The first kappa shape index (κ1) is 28.9. The minimum Gasteiger partial charge on any atom is -0.326 e. The molecule has 4 rings (SSSR count). The van der Waals surface area contributed by atoms with Crippen molar-refractivity contribution < 1.29 is 26.3 Å². The lowest BCUT2D eigenvalue weighted by atomic mass is 9.82. The van der Waals surface area contributed by atoms with Gasteiger partial charge in [0.1, 0.15) is 0 Å². The van der Waals surface area contributed by atoms with E-state index in [1.807, 2.05) is 0 Å². The third-order valence-electron chi connectivity index (χ3n) is 6.45. The average molecular weight is 521 g/mol. The van der Waals surface area contributed by atoms with Crippen molar-refractivity contribution in [1.82, 2.24) is 9.97 Å². The van der Waals surface area contributed by atoms with Gasteiger partial charge in [-0.15, -0.1) is 12.4 Å². The van der Waals surface area contributed by atoms with Crippen molar-refractivity contribution in [3.05, 3.63) is 64.5 Å². The molecule has 2 fully saturated rings. The molecule has 2 aliphatic carbocycles. The second kappa shape index (κ2) is 12.0. The summed E-state index contributed by atoms with van der Waals surface area (Å²) >= 11 is 0. The van der Waals surface area contributed by atoms with E-state index >= 15 is 0 Å². The zero-order chi connectivity index (χ0) is 24.9. The van der Waals surface area contributed by atoms with Crippen LogP contribution in [0.4, 0.5) is 32.0 Å². The van der Waals surface area contributed by atoms with E-state index in [-0.39, 0.29) is 75.0 Å². The maximum atomic E-state index is 13.5. The summed E-state index contributed by atoms with van der Waals surface area (Å²) in [5, 5.41) is 0. The smallest absolute Gasteiger partial charge is 0.248 e. The first-order chi connectivity index (χ1) is 16.0. The maximum Gasteiger partial charge on any atom is 0.248 e. The third-order valence-corrected chi connectivity index (χ3v) is 6.45. The van der Waals surface area contributed by atoms with Crippen molar-refractivity contribution in [2.24, 2.45) is 5.73 Å². The summed E-state index contributed by atoms with van der Waals surface area (Å²) in [6.45, 7) is 7.11. The highest BCUT2D eigenvalue weighted by Crippen LogP contribution is 2.42. The van der Waals surface area contributed by atoms with Gasteiger partial charge in [-0.3, -0.25) is 0 Å². The highest BCUT2D eigenvalue weighted by Gasteiger charge is 2.37. The van der Waals surface area contributed by atoms with Crippen molar-refractivity contribution in [2.45, 2.75) is 81.6 Å². The van der Waals surface area contributed by atoms with Crippen molar-refractivity contribution in [3.8, 4) is 0 Å². The van der Waals surface area contributed by atoms with E-state index in [2.05, 4.69) is 14.8 Å². The van der Waals surface area contributed by atoms with Crippen LogP contribution in [0.5, 0.6) is 0 Å². The quantitative estimate of drug-likeness (QED) is 0.259. The van der Waals surface area contributed by atoms with Crippen LogP contribution >= 0.6 is 12.4 Å². The molecule has 4 nitrogen and oxygen atoms in total. The number of hydrogen-bond acceptors (Lipinski definition) is 3. The van der Waals surface area contributed by atoms with E-state index in [9.17, 15) is 26.3 Å². The van der Waals surface area contributed by atoms with Crippen LogP contribution < -0.4 is 5.73 Å². The maximum absolute atomic E-state index is 13.5. The van der Waals surface area contributed by atoms with E-state index in [0.29, 0.717) is 24.0 Å². The summed E-state index contributed by atoms with van der Waals surface area (Å²) in [5.41, 5.74) is 7.18. The molecule has 0 radical (unpaired) electrons. The number of aromatic nitrogens is 2. The topological polar surface area (TPSA) is 56.2 Å². The Balaban J connectivity index is 0.000000240. The van der Waals surface area contributed by atoms with Crippen molar-refractivity contribution in [1.29, 1.82) is 0 Å². The van der Waals surface area contributed by atoms with Gasteiger partial charge < -0.3 is 5.73 Å². The standard InChI is InChI=1S/C12H11F3N2.C12H15F3N2.ClH/c1-16-9-6-10(11(13)17-7-9)8-2-4-12(14,15)5-3-8;13-11-10(5-8(6-16)7-17-11)9-1-3-12(14,15)4-2-9;/h6-8H,2-5H2;5,7,9H,1-4,6,16H2;1H. The fourth-order valence-corrected chi connectivity index (χ4v) is 4.41. The van der Waals surface area contributed by atoms with Crippen LogP contribution in [0.25, 0.3) is 4.85 Å². The molecule has 2 aromatic heterocycles. The molecule has 0 amide bonds. The van der Waals surface area contributed by atoms with Crippen molar-refractivity contribution >= 4 is 18.1 Å². The van der Waals surface area contributed by atoms with Crippen LogP contribution in [0.2, 0.25) is 0 Å². The minimum absolute atomic E-state index is 0. The summed E-state index contributed by atoms with van der Waals surface area (Å²) < 4.78 is 79.0. The van der Waals surface area contributed by atoms with Crippen LogP contribution in [0.3, 0.4) is 0 Å². The molecule has 2 heterocycles. The van der Waals surface area contributed by atoms with Crippen LogP contribution in [0, 0.1) is 18.5 Å². The number of nitrogens with zero attached hydrogens (tertiary/aromatic N) is 3. The highest BCUT2D eigenvalue weighted by atomic mass is 35.5. The third kappa shape index (κ3) is 7.80. The Morgan fingerprint density at radius 3 is 1.69 bits per heavy atom. The first-order valence-corrected chi connectivity index (χ1v) is 11.2. The molecule has 2 saturated carbocycles. The Bertz CT molecular complexity index is 1020. The molecule has 0 aromatic carbocycles. The SMILES string of the molecule is Cl.NCc1cnc(F)c(C2CCC(F)(F)CC2)c1.[C-]#[N+]c1cnc(F)c(C2CCC(F)(F)CC2)c1. The van der Waals surface area contributed by atoms with Gasteiger partial charge in [-0.25, -0.2) is 32.4 Å². The largest absolute Gasteiger partial charge is 0.326 e. The van der Waals surface area contributed by atoms with Crippen LogP contribution in [0.15, 0.2) is 24.5 Å². The monoisotopic (exact) mass is 520 g/mol. The lowest BCUT2D eigenvalue weighted by Gasteiger charge is -2.28. The molecule has 192 valence electrons. The zero-order valence-corrected chi connectivity index (χ0v) is 19.7. The number of hydrogen-bond donors (Lipinski definition) is 1. The van der Waals surface area contributed by atoms with Gasteiger partial charge in [-0.2, -0.15) is 8.78 Å². The number of halogens is 7. The predicted octanol–water partition coefficient (Wildman–Crippen LogP) is 7.46. The van der Waals surface area contributed by atoms with Gasteiger partial charge in [-0.05, 0) is 60.8 Å². The fourth-order valence-electron chi connectivity index (χ4n) is 4.41. The molecule has 2 N–H and O–H groups in total. The van der Waals surface area contributed by atoms with E-state index < -0.39 is 23.7 Å². The zero-order valence-electron chi connectivity index (χ0n) is 18.9. The second-order valence-corrected chi connectivity index (χ2v) is 8.87. The molecule has 0 spiro atoms. The summed E-state index contributed by atoms with van der Waals surface area (Å²) in [7, 11) is 0. The van der Waals surface area contributed by atoms with Gasteiger partial charge in [0.05, 0.1) is 6.57 Å². The molecule has 0 saturated heterocycles. The Morgan fingerprint density at radius 2 is 1.26 bits per heavy atom. The molecule has 0 bridgehead atoms. The lowest BCUT2D eigenvalue weighted by Crippen LogP contribution is -2.24. The summed E-state index contributed by atoms with van der Waals surface area (Å²) in [6.07, 6.45) is 2.84. The van der Waals surface area contributed by atoms with Crippen molar-refractivity contribution in [2.75, 3.05) is 0 Å². The Morgan fingerprint density at radius 1 is 0.829 bits per heavy atom. The van der Waals surface area contributed by atoms with Crippen LogP contribution in [-0.4, -0.2) is 21.8 Å². The summed E-state index contributed by atoms with van der Waals surface area (Å²) in [5.74, 6) is -6.83. The van der Waals surface area contributed by atoms with E-state index in [1.54, 1.807) is 6.07 Å². The average Bonchev–Trinajstić information content (AvgIpc) is 2.81. The minimum atomic E-state index is -2.63. The van der Waals surface area contributed by atoms with E-state index in [0.717, 1.165) is 11.8 Å². The van der Waals surface area contributed by atoms with Gasteiger partial charge >= 0.3 is 0 Å². The second-order valence-electron chi connectivity index (χ2n) is 8.87. The van der Waals surface area contributed by atoms with Gasteiger partial charge in [-0.1, -0.05) is 0 Å². The van der Waals surface area contributed by atoms with Crippen LogP contribution in [0.1, 0.15) is 79.9 Å². The molecule has 2 aromatic rings. The first-order valence-electron chi connectivity index (χ1n) is 11.2. The molecular weight excluding hydrogens is 494 g/mol. The molecule has 35 heavy (non-hydrogen) atoms. The van der Waals surface area contributed by atoms with Crippen LogP contribution in [-0.2, 0) is 6.54 Å². The number of rotatable bonds is 3. The van der Waals surface area contributed by atoms with Crippen molar-refractivity contribution in [3.63, 3.8) is 0 Å². The highest BCUT2D eigenvalue weighted by molar-refractivity contribution is 5.85. The fraction of sp³-hybridized carbons (Fsp3) is 0.542. The summed E-state index contributed by atoms with van der Waals surface area (Å²) in [6, 6.07) is 3.07. The Labute approximate surface area is 206 Å². The molecule has 0 aliphatic heterocycles. The van der Waals surface area contributed by atoms with E-state index in [4.69, 9.17) is 12.3 Å². The van der Waals surface area contributed by atoms with Gasteiger partial charge in [0, 0.05) is 50.2 Å². The number of pyridine rings is 2. The number of nitrogens with two attached hydrogens (primary N) is 1. The normalized spacial score (nSPS) is 19.6. The lowest BCUT2D eigenvalue weighted by molar-refractivity contribution is -0.0390. The molecular formula is C24H27ClF6N4. The molecule has 2 aliphatic rings. The van der Waals surface area contributed by atoms with E-state index in [1.165, 1.54) is 12.3 Å². The van der Waals surface area contributed by atoms with Gasteiger partial charge in [0.25, 0.3) is 0 Å². The predicted molar refractivity (Wildman–Crippen MR) is 122 cm³/mol. The number of alkyl halides is 4. The van der Waals surface area contributed by atoms with Gasteiger partial charge in [0.15, 0.2) is 0 Å². The molecule has 0 unspecified atom stereocenters. The molecule has 0 atom stereocenters. The van der Waals surface area contributed by atoms with Gasteiger partial charge in [0.2, 0.25) is 29.4 Å².